The maximum atomic E-state index is 12.5. The number of carbonyl (C=O) groups excluding carboxylic acids is 1. The summed E-state index contributed by atoms with van der Waals surface area (Å²) in [5.74, 6) is -0.0817. The molecule has 1 heterocycles. The van der Waals surface area contributed by atoms with Gasteiger partial charge in [0.15, 0.2) is 6.29 Å². The lowest BCUT2D eigenvalue weighted by atomic mass is 10.1. The fraction of sp³-hybridized carbons (Fsp3) is 0.250. The number of nitrogens with zero attached hydrogens (tertiary/aromatic N) is 1. The third-order valence-electron chi connectivity index (χ3n) is 1.62. The summed E-state index contributed by atoms with van der Waals surface area (Å²) in [4.78, 5) is 14.1. The molecule has 0 unspecified atom stereocenters. The van der Waals surface area contributed by atoms with Gasteiger partial charge in [-0.15, -0.1) is 11.6 Å². The van der Waals surface area contributed by atoms with Crippen LogP contribution in [-0.4, -0.2) is 11.3 Å². The Labute approximate surface area is 92.4 Å². The van der Waals surface area contributed by atoms with E-state index in [0.717, 1.165) is 0 Å². The van der Waals surface area contributed by atoms with Crippen LogP contribution in [0.1, 0.15) is 28.0 Å². The van der Waals surface area contributed by atoms with Crippen LogP contribution < -0.4 is 0 Å². The molecule has 0 aliphatic heterocycles. The number of carbonyl (C=O) groups is 1. The molecule has 0 aliphatic rings. The molecule has 0 saturated heterocycles. The topological polar surface area (TPSA) is 30.0 Å². The van der Waals surface area contributed by atoms with Gasteiger partial charge in [-0.05, 0) is 27.6 Å². The van der Waals surface area contributed by atoms with E-state index in [1.165, 1.54) is 6.07 Å². The predicted molar refractivity (Wildman–Crippen MR) is 51.8 cm³/mol. The summed E-state index contributed by atoms with van der Waals surface area (Å²) >= 11 is 8.48. The van der Waals surface area contributed by atoms with Gasteiger partial charge in [-0.2, -0.15) is 0 Å². The Bertz CT molecular complexity index is 359. The van der Waals surface area contributed by atoms with Gasteiger partial charge in [-0.3, -0.25) is 4.79 Å². The first-order valence-electron chi connectivity index (χ1n) is 3.58. The Morgan fingerprint density at radius 1 is 1.64 bits per heavy atom. The lowest BCUT2D eigenvalue weighted by Crippen LogP contribution is -2.02. The summed E-state index contributed by atoms with van der Waals surface area (Å²) in [7, 11) is 0. The second kappa shape index (κ2) is 4.79. The number of alkyl halides is 3. The molecule has 76 valence electrons. The van der Waals surface area contributed by atoms with Crippen LogP contribution in [0.5, 0.6) is 0 Å². The molecule has 1 aromatic heterocycles. The number of aldehydes is 1. The van der Waals surface area contributed by atoms with Crippen LogP contribution in [-0.2, 0) is 5.88 Å². The van der Waals surface area contributed by atoms with Gasteiger partial charge in [0.1, 0.15) is 10.3 Å². The van der Waals surface area contributed by atoms with E-state index < -0.39 is 12.0 Å². The smallest absolute Gasteiger partial charge is 0.266 e. The van der Waals surface area contributed by atoms with Crippen molar-refractivity contribution in [3.05, 3.63) is 27.5 Å². The minimum absolute atomic E-state index is 0.0817. The average molecular weight is 284 g/mol. The van der Waals surface area contributed by atoms with E-state index >= 15 is 0 Å². The number of halogens is 4. The van der Waals surface area contributed by atoms with Crippen molar-refractivity contribution in [2.24, 2.45) is 0 Å². The van der Waals surface area contributed by atoms with Gasteiger partial charge in [0.2, 0.25) is 0 Å². The molecule has 0 atom stereocenters. The highest BCUT2D eigenvalue weighted by Gasteiger charge is 2.19. The molecule has 1 rings (SSSR count). The summed E-state index contributed by atoms with van der Waals surface area (Å²) in [6, 6.07) is 1.38. The third kappa shape index (κ3) is 2.27. The SMILES string of the molecule is O=Cc1nc(Br)cc(CCl)c1C(F)F. The van der Waals surface area contributed by atoms with Gasteiger partial charge in [-0.25, -0.2) is 13.8 Å². The molecule has 0 bridgehead atoms. The van der Waals surface area contributed by atoms with Gasteiger partial charge in [-0.1, -0.05) is 0 Å². The van der Waals surface area contributed by atoms with Crippen molar-refractivity contribution in [2.45, 2.75) is 12.3 Å². The van der Waals surface area contributed by atoms with Gasteiger partial charge in [0.25, 0.3) is 6.43 Å². The highest BCUT2D eigenvalue weighted by Crippen LogP contribution is 2.28. The van der Waals surface area contributed by atoms with E-state index in [2.05, 4.69) is 20.9 Å². The Morgan fingerprint density at radius 2 is 2.29 bits per heavy atom. The molecule has 6 heteroatoms. The molecule has 0 saturated carbocycles. The van der Waals surface area contributed by atoms with Crippen molar-refractivity contribution in [3.63, 3.8) is 0 Å². The quantitative estimate of drug-likeness (QED) is 0.484. The summed E-state index contributed by atoms with van der Waals surface area (Å²) in [5.41, 5.74) is -0.450. The maximum Gasteiger partial charge on any atom is 0.266 e. The maximum absolute atomic E-state index is 12.5. The minimum atomic E-state index is -2.75. The average Bonchev–Trinajstić information content (AvgIpc) is 2.15. The van der Waals surface area contributed by atoms with Gasteiger partial charge >= 0.3 is 0 Å². The van der Waals surface area contributed by atoms with Crippen LogP contribution in [0.3, 0.4) is 0 Å². The van der Waals surface area contributed by atoms with Gasteiger partial charge in [0, 0.05) is 5.88 Å². The Kier molecular flexibility index (Phi) is 3.95. The molecular weight excluding hydrogens is 279 g/mol. The lowest BCUT2D eigenvalue weighted by molar-refractivity contribution is 0.110. The van der Waals surface area contributed by atoms with Gasteiger partial charge in [0.05, 0.1) is 5.56 Å². The monoisotopic (exact) mass is 283 g/mol. The molecule has 0 radical (unpaired) electrons. The van der Waals surface area contributed by atoms with Crippen molar-refractivity contribution in [1.29, 1.82) is 0 Å². The number of aromatic nitrogens is 1. The molecule has 0 fully saturated rings. The highest BCUT2D eigenvalue weighted by molar-refractivity contribution is 9.10. The van der Waals surface area contributed by atoms with E-state index in [9.17, 15) is 13.6 Å². The fourth-order valence-electron chi connectivity index (χ4n) is 1.05. The molecule has 0 amide bonds. The summed E-state index contributed by atoms with van der Waals surface area (Å²) in [5, 5.41) is 0. The first kappa shape index (κ1) is 11.5. The Hall–Kier alpha value is -0.550. The molecule has 1 aromatic rings. The fourth-order valence-corrected chi connectivity index (χ4v) is 1.73. The van der Waals surface area contributed by atoms with Crippen molar-refractivity contribution < 1.29 is 13.6 Å². The van der Waals surface area contributed by atoms with Crippen molar-refractivity contribution in [2.75, 3.05) is 0 Å². The summed E-state index contributed by atoms with van der Waals surface area (Å²) in [6.45, 7) is 0. The second-order valence-electron chi connectivity index (χ2n) is 2.46. The van der Waals surface area contributed by atoms with Crippen LogP contribution in [0.15, 0.2) is 10.7 Å². The van der Waals surface area contributed by atoms with Gasteiger partial charge < -0.3 is 0 Å². The van der Waals surface area contributed by atoms with E-state index in [4.69, 9.17) is 11.6 Å². The van der Waals surface area contributed by atoms with Crippen LogP contribution in [0.2, 0.25) is 0 Å². The minimum Gasteiger partial charge on any atom is -0.296 e. The number of rotatable bonds is 3. The molecule has 2 nitrogen and oxygen atoms in total. The Balaban J connectivity index is 3.40. The number of pyridine rings is 1. The zero-order valence-electron chi connectivity index (χ0n) is 6.81. The largest absolute Gasteiger partial charge is 0.296 e. The zero-order valence-corrected chi connectivity index (χ0v) is 9.15. The molecule has 0 aliphatic carbocycles. The van der Waals surface area contributed by atoms with Crippen molar-refractivity contribution in [3.8, 4) is 0 Å². The van der Waals surface area contributed by atoms with E-state index in [0.29, 0.717) is 10.9 Å². The molecule has 0 spiro atoms. The molecule has 0 N–H and O–H groups in total. The van der Waals surface area contributed by atoms with E-state index in [1.54, 1.807) is 0 Å². The van der Waals surface area contributed by atoms with E-state index in [1.807, 2.05) is 0 Å². The predicted octanol–water partition coefficient (Wildman–Crippen LogP) is 3.33. The first-order chi connectivity index (χ1) is 6.60. The molecule has 14 heavy (non-hydrogen) atoms. The second-order valence-corrected chi connectivity index (χ2v) is 3.53. The lowest BCUT2D eigenvalue weighted by Gasteiger charge is -2.08. The van der Waals surface area contributed by atoms with Crippen LogP contribution in [0.25, 0.3) is 0 Å². The standard InChI is InChI=1S/C8H5BrClF2NO/c9-6-1-4(2-10)7(8(11)12)5(3-14)13-6/h1,3,8H,2H2. The van der Waals surface area contributed by atoms with E-state index in [-0.39, 0.29) is 17.1 Å². The number of hydrogen-bond acceptors (Lipinski definition) is 2. The highest BCUT2D eigenvalue weighted by atomic mass is 79.9. The van der Waals surface area contributed by atoms with Crippen LogP contribution in [0, 0.1) is 0 Å². The first-order valence-corrected chi connectivity index (χ1v) is 4.91. The number of hydrogen-bond donors (Lipinski definition) is 0. The molecular formula is C8H5BrClF2NO. The summed E-state index contributed by atoms with van der Waals surface area (Å²) < 4.78 is 25.4. The zero-order chi connectivity index (χ0) is 10.7. The third-order valence-corrected chi connectivity index (χ3v) is 2.31. The van der Waals surface area contributed by atoms with Crippen molar-refractivity contribution in [1.82, 2.24) is 4.98 Å². The normalized spacial score (nSPS) is 10.6. The summed E-state index contributed by atoms with van der Waals surface area (Å²) in [6.07, 6.45) is -2.45. The van der Waals surface area contributed by atoms with Crippen LogP contribution in [0.4, 0.5) is 8.78 Å². The van der Waals surface area contributed by atoms with Crippen molar-refractivity contribution >= 4 is 33.8 Å². The van der Waals surface area contributed by atoms with Crippen LogP contribution >= 0.6 is 27.5 Å². The molecule has 0 aromatic carbocycles. The Morgan fingerprint density at radius 3 is 2.71 bits per heavy atom.